The molecule has 0 spiro atoms. The molecule has 0 saturated carbocycles. The fourth-order valence-electron chi connectivity index (χ4n) is 3.17. The molecule has 2 aliphatic heterocycles. The number of rotatable bonds is 5. The van der Waals surface area contributed by atoms with Crippen LogP contribution in [0.4, 0.5) is 0 Å². The summed E-state index contributed by atoms with van der Waals surface area (Å²) in [5, 5.41) is 0. The molecule has 0 aliphatic carbocycles. The Morgan fingerprint density at radius 3 is 2.32 bits per heavy atom. The van der Waals surface area contributed by atoms with Crippen LogP contribution in [0.15, 0.2) is 34.2 Å². The minimum absolute atomic E-state index is 0.276. The SMILES string of the molecule is CCOc1ccc(S(=O)(=O)N2CCN=C2N2CCN(CC)CC2)cc1. The maximum Gasteiger partial charge on any atom is 0.266 e. The number of aliphatic imine (C=N–C) groups is 1. The van der Waals surface area contributed by atoms with Gasteiger partial charge in [-0.3, -0.25) is 4.99 Å². The second-order valence-corrected chi connectivity index (χ2v) is 7.95. The van der Waals surface area contributed by atoms with Gasteiger partial charge in [0.05, 0.1) is 24.6 Å². The minimum Gasteiger partial charge on any atom is -0.494 e. The van der Waals surface area contributed by atoms with Crippen molar-refractivity contribution in [1.82, 2.24) is 14.1 Å². The molecule has 1 fully saturated rings. The average Bonchev–Trinajstić information content (AvgIpc) is 3.13. The third kappa shape index (κ3) is 3.74. The van der Waals surface area contributed by atoms with Crippen molar-refractivity contribution < 1.29 is 13.2 Å². The van der Waals surface area contributed by atoms with Crippen LogP contribution in [0.25, 0.3) is 0 Å². The summed E-state index contributed by atoms with van der Waals surface area (Å²) >= 11 is 0. The Balaban J connectivity index is 1.76. The van der Waals surface area contributed by atoms with Crippen LogP contribution in [-0.4, -0.2) is 80.9 Å². The molecule has 25 heavy (non-hydrogen) atoms. The highest BCUT2D eigenvalue weighted by atomic mass is 32.2. The number of nitrogens with zero attached hydrogens (tertiary/aromatic N) is 4. The highest BCUT2D eigenvalue weighted by Crippen LogP contribution is 2.23. The second kappa shape index (κ2) is 7.61. The molecule has 0 atom stereocenters. The van der Waals surface area contributed by atoms with E-state index in [0.717, 1.165) is 32.7 Å². The summed E-state index contributed by atoms with van der Waals surface area (Å²) in [5.41, 5.74) is 0. The van der Waals surface area contributed by atoms with E-state index in [2.05, 4.69) is 21.7 Å². The van der Waals surface area contributed by atoms with Gasteiger partial charge in [0.2, 0.25) is 5.96 Å². The topological polar surface area (TPSA) is 65.5 Å². The number of benzene rings is 1. The summed E-state index contributed by atoms with van der Waals surface area (Å²) in [4.78, 5) is 9.20. The first-order valence-electron chi connectivity index (χ1n) is 8.83. The number of guanidine groups is 1. The Morgan fingerprint density at radius 1 is 1.04 bits per heavy atom. The Bertz CT molecular complexity index is 710. The predicted molar refractivity (Wildman–Crippen MR) is 97.5 cm³/mol. The zero-order valence-electron chi connectivity index (χ0n) is 14.9. The molecule has 0 aromatic heterocycles. The highest BCUT2D eigenvalue weighted by Gasteiger charge is 2.34. The van der Waals surface area contributed by atoms with Gasteiger partial charge < -0.3 is 14.5 Å². The molecule has 0 bridgehead atoms. The van der Waals surface area contributed by atoms with Crippen LogP contribution in [-0.2, 0) is 10.0 Å². The zero-order valence-corrected chi connectivity index (χ0v) is 15.7. The van der Waals surface area contributed by atoms with Crippen LogP contribution in [0.5, 0.6) is 5.75 Å². The van der Waals surface area contributed by atoms with Gasteiger partial charge in [-0.25, -0.2) is 12.7 Å². The number of ether oxygens (including phenoxy) is 1. The van der Waals surface area contributed by atoms with Crippen LogP contribution in [0.3, 0.4) is 0 Å². The first kappa shape index (κ1) is 18.0. The standard InChI is InChI=1S/C17H26N4O3S/c1-3-19-11-13-20(14-12-19)17-18-9-10-21(17)25(22,23)16-7-5-15(6-8-16)24-4-2/h5-8H,3-4,9-14H2,1-2H3. The molecule has 7 nitrogen and oxygen atoms in total. The third-order valence-corrected chi connectivity index (χ3v) is 6.40. The zero-order chi connectivity index (χ0) is 17.9. The summed E-state index contributed by atoms with van der Waals surface area (Å²) in [5.74, 6) is 1.26. The Morgan fingerprint density at radius 2 is 1.72 bits per heavy atom. The maximum atomic E-state index is 13.0. The molecule has 1 aromatic carbocycles. The van der Waals surface area contributed by atoms with E-state index in [0.29, 0.717) is 31.4 Å². The number of likely N-dealkylation sites (N-methyl/N-ethyl adjacent to an activating group) is 1. The number of sulfonamides is 1. The molecule has 0 unspecified atom stereocenters. The van der Waals surface area contributed by atoms with Crippen LogP contribution >= 0.6 is 0 Å². The van der Waals surface area contributed by atoms with Crippen molar-refractivity contribution in [1.29, 1.82) is 0 Å². The van der Waals surface area contributed by atoms with E-state index in [-0.39, 0.29) is 4.90 Å². The smallest absolute Gasteiger partial charge is 0.266 e. The van der Waals surface area contributed by atoms with Gasteiger partial charge in [0.1, 0.15) is 5.75 Å². The highest BCUT2D eigenvalue weighted by molar-refractivity contribution is 7.89. The van der Waals surface area contributed by atoms with Crippen LogP contribution in [0.2, 0.25) is 0 Å². The van der Waals surface area contributed by atoms with Gasteiger partial charge in [0.25, 0.3) is 10.0 Å². The molecule has 0 amide bonds. The maximum absolute atomic E-state index is 13.0. The number of hydrogen-bond donors (Lipinski definition) is 0. The fourth-order valence-corrected chi connectivity index (χ4v) is 4.62. The van der Waals surface area contributed by atoms with E-state index in [4.69, 9.17) is 4.74 Å². The van der Waals surface area contributed by atoms with Gasteiger partial charge in [0.15, 0.2) is 0 Å². The van der Waals surface area contributed by atoms with Crippen molar-refractivity contribution in [2.45, 2.75) is 18.7 Å². The van der Waals surface area contributed by atoms with E-state index in [1.165, 1.54) is 4.31 Å². The molecule has 2 aliphatic rings. The normalized spacial score (nSPS) is 19.2. The van der Waals surface area contributed by atoms with Crippen molar-refractivity contribution in [3.05, 3.63) is 24.3 Å². The molecule has 1 aromatic rings. The van der Waals surface area contributed by atoms with Crippen molar-refractivity contribution in [3.8, 4) is 5.75 Å². The van der Waals surface area contributed by atoms with E-state index in [1.54, 1.807) is 24.3 Å². The van der Waals surface area contributed by atoms with Gasteiger partial charge in [-0.15, -0.1) is 0 Å². The predicted octanol–water partition coefficient (Wildman–Crippen LogP) is 1.08. The molecule has 0 N–H and O–H groups in total. The Labute approximate surface area is 149 Å². The number of hydrogen-bond acceptors (Lipinski definition) is 6. The molecule has 3 rings (SSSR count). The molecular formula is C17H26N4O3S. The van der Waals surface area contributed by atoms with E-state index in [9.17, 15) is 8.42 Å². The molecule has 138 valence electrons. The van der Waals surface area contributed by atoms with Gasteiger partial charge in [-0.1, -0.05) is 6.92 Å². The third-order valence-electron chi connectivity index (χ3n) is 4.60. The lowest BCUT2D eigenvalue weighted by molar-refractivity contribution is 0.184. The molecule has 0 radical (unpaired) electrons. The Hall–Kier alpha value is -1.80. The summed E-state index contributed by atoms with van der Waals surface area (Å²) in [6.07, 6.45) is 0. The molecule has 2 heterocycles. The molecule has 8 heteroatoms. The lowest BCUT2D eigenvalue weighted by Crippen LogP contribution is -2.53. The van der Waals surface area contributed by atoms with Crippen LogP contribution < -0.4 is 4.74 Å². The average molecular weight is 366 g/mol. The van der Waals surface area contributed by atoms with Gasteiger partial charge in [0, 0.05) is 26.2 Å². The summed E-state index contributed by atoms with van der Waals surface area (Å²) in [6, 6.07) is 6.60. The van der Waals surface area contributed by atoms with E-state index in [1.807, 2.05) is 6.92 Å². The molecule has 1 saturated heterocycles. The van der Waals surface area contributed by atoms with Crippen molar-refractivity contribution in [2.75, 3.05) is 52.4 Å². The summed E-state index contributed by atoms with van der Waals surface area (Å²) in [6.45, 7) is 10.0. The van der Waals surface area contributed by atoms with E-state index >= 15 is 0 Å². The fraction of sp³-hybridized carbons (Fsp3) is 0.588. The van der Waals surface area contributed by atoms with Crippen molar-refractivity contribution >= 4 is 16.0 Å². The minimum atomic E-state index is -3.60. The van der Waals surface area contributed by atoms with Gasteiger partial charge in [-0.2, -0.15) is 0 Å². The largest absolute Gasteiger partial charge is 0.494 e. The monoisotopic (exact) mass is 366 g/mol. The summed E-state index contributed by atoms with van der Waals surface area (Å²) < 4.78 is 32.9. The lowest BCUT2D eigenvalue weighted by atomic mass is 10.3. The number of piperazine rings is 1. The lowest BCUT2D eigenvalue weighted by Gasteiger charge is -2.37. The quantitative estimate of drug-likeness (QED) is 0.780. The van der Waals surface area contributed by atoms with E-state index < -0.39 is 10.0 Å². The molecular weight excluding hydrogens is 340 g/mol. The van der Waals surface area contributed by atoms with Crippen molar-refractivity contribution in [2.24, 2.45) is 4.99 Å². The Kier molecular flexibility index (Phi) is 5.48. The van der Waals surface area contributed by atoms with Crippen molar-refractivity contribution in [3.63, 3.8) is 0 Å². The van der Waals surface area contributed by atoms with Gasteiger partial charge >= 0.3 is 0 Å². The first-order chi connectivity index (χ1) is 12.1. The van der Waals surface area contributed by atoms with Gasteiger partial charge in [-0.05, 0) is 37.7 Å². The van der Waals surface area contributed by atoms with Crippen LogP contribution in [0, 0.1) is 0 Å². The second-order valence-electron chi connectivity index (χ2n) is 6.08. The van der Waals surface area contributed by atoms with Crippen LogP contribution in [0.1, 0.15) is 13.8 Å². The summed E-state index contributed by atoms with van der Waals surface area (Å²) in [7, 11) is -3.60. The first-order valence-corrected chi connectivity index (χ1v) is 10.3.